The van der Waals surface area contributed by atoms with Crippen molar-refractivity contribution < 1.29 is 9.47 Å². The van der Waals surface area contributed by atoms with Crippen molar-refractivity contribution in [1.29, 1.82) is 0 Å². The van der Waals surface area contributed by atoms with Gasteiger partial charge in [0.05, 0.1) is 49.1 Å². The lowest BCUT2D eigenvalue weighted by atomic mass is 10.2. The molecule has 2 aliphatic rings. The van der Waals surface area contributed by atoms with E-state index < -0.39 is 0 Å². The van der Waals surface area contributed by atoms with Gasteiger partial charge < -0.3 is 25.0 Å². The van der Waals surface area contributed by atoms with Crippen LogP contribution in [0, 0.1) is 0 Å². The first-order valence-corrected chi connectivity index (χ1v) is 13.3. The molecule has 0 saturated carbocycles. The molecule has 198 valence electrons. The SMILES string of the molecule is COc1cc(N2CCNCC2)ccc1Nc1ncc(Cl)c(-c2cnc3cc(CN4CCOCC4)ccn23)n1. The molecule has 2 saturated heterocycles. The smallest absolute Gasteiger partial charge is 0.227 e. The van der Waals surface area contributed by atoms with Crippen molar-refractivity contribution >= 4 is 34.6 Å². The molecule has 3 aromatic heterocycles. The number of methoxy groups -OCH3 is 1. The van der Waals surface area contributed by atoms with Crippen molar-refractivity contribution in [1.82, 2.24) is 29.6 Å². The summed E-state index contributed by atoms with van der Waals surface area (Å²) in [6.45, 7) is 8.21. The predicted octanol–water partition coefficient (Wildman–Crippen LogP) is 3.44. The summed E-state index contributed by atoms with van der Waals surface area (Å²) in [5.74, 6) is 1.15. The van der Waals surface area contributed by atoms with Gasteiger partial charge in [-0.3, -0.25) is 9.30 Å². The van der Waals surface area contributed by atoms with Gasteiger partial charge in [0, 0.05) is 63.8 Å². The van der Waals surface area contributed by atoms with Crippen LogP contribution in [0.3, 0.4) is 0 Å². The van der Waals surface area contributed by atoms with Crippen LogP contribution in [0.15, 0.2) is 48.9 Å². The number of imidazole rings is 1. The maximum Gasteiger partial charge on any atom is 0.227 e. The number of fused-ring (bicyclic) bond motifs is 1. The molecule has 5 heterocycles. The lowest BCUT2D eigenvalue weighted by Crippen LogP contribution is -2.43. The van der Waals surface area contributed by atoms with Gasteiger partial charge in [-0.2, -0.15) is 0 Å². The maximum absolute atomic E-state index is 6.57. The number of ether oxygens (including phenoxy) is 2. The number of nitrogens with one attached hydrogen (secondary N) is 2. The highest BCUT2D eigenvalue weighted by Gasteiger charge is 2.17. The number of anilines is 3. The lowest BCUT2D eigenvalue weighted by Gasteiger charge is -2.30. The number of aromatic nitrogens is 4. The third kappa shape index (κ3) is 5.25. The highest BCUT2D eigenvalue weighted by Crippen LogP contribution is 2.33. The molecule has 0 aliphatic carbocycles. The van der Waals surface area contributed by atoms with E-state index in [-0.39, 0.29) is 0 Å². The third-order valence-electron chi connectivity index (χ3n) is 6.99. The van der Waals surface area contributed by atoms with Crippen molar-refractivity contribution in [2.75, 3.05) is 69.8 Å². The van der Waals surface area contributed by atoms with Gasteiger partial charge in [-0.1, -0.05) is 11.6 Å². The van der Waals surface area contributed by atoms with Crippen molar-refractivity contribution in [3.63, 3.8) is 0 Å². The topological polar surface area (TPSA) is 92.1 Å². The summed E-state index contributed by atoms with van der Waals surface area (Å²) < 4.78 is 13.2. The van der Waals surface area contributed by atoms with E-state index in [1.165, 1.54) is 5.56 Å². The lowest BCUT2D eigenvalue weighted by molar-refractivity contribution is 0.0342. The zero-order chi connectivity index (χ0) is 25.9. The second-order valence-electron chi connectivity index (χ2n) is 9.43. The summed E-state index contributed by atoms with van der Waals surface area (Å²) in [5.41, 5.74) is 5.38. The molecule has 0 atom stereocenters. The second kappa shape index (κ2) is 11.1. The van der Waals surface area contributed by atoms with E-state index in [0.29, 0.717) is 16.7 Å². The summed E-state index contributed by atoms with van der Waals surface area (Å²) in [4.78, 5) is 18.5. The van der Waals surface area contributed by atoms with Gasteiger partial charge in [0.2, 0.25) is 5.95 Å². The fourth-order valence-electron chi connectivity index (χ4n) is 4.94. The monoisotopic (exact) mass is 534 g/mol. The van der Waals surface area contributed by atoms with Crippen molar-refractivity contribution in [3.8, 4) is 17.1 Å². The Morgan fingerprint density at radius 3 is 2.71 bits per heavy atom. The largest absolute Gasteiger partial charge is 0.494 e. The Kier molecular flexibility index (Phi) is 7.28. The molecule has 0 spiro atoms. The van der Waals surface area contributed by atoms with Crippen molar-refractivity contribution in [2.45, 2.75) is 6.54 Å². The van der Waals surface area contributed by atoms with E-state index in [1.807, 2.05) is 22.7 Å². The Hall–Kier alpha value is -3.44. The van der Waals surface area contributed by atoms with Crippen LogP contribution >= 0.6 is 11.6 Å². The molecular weight excluding hydrogens is 504 g/mol. The van der Waals surface area contributed by atoms with Gasteiger partial charge >= 0.3 is 0 Å². The second-order valence-corrected chi connectivity index (χ2v) is 9.84. The van der Waals surface area contributed by atoms with E-state index in [2.05, 4.69) is 48.6 Å². The summed E-state index contributed by atoms with van der Waals surface area (Å²) in [5, 5.41) is 7.14. The van der Waals surface area contributed by atoms with Gasteiger partial charge in [0.1, 0.15) is 17.1 Å². The van der Waals surface area contributed by atoms with Crippen LogP contribution in [0.5, 0.6) is 5.75 Å². The quantitative estimate of drug-likeness (QED) is 0.370. The molecule has 6 rings (SSSR count). The number of rotatable bonds is 7. The molecule has 2 aliphatic heterocycles. The molecule has 2 fully saturated rings. The fourth-order valence-corrected chi connectivity index (χ4v) is 5.13. The Bertz CT molecular complexity index is 1420. The van der Waals surface area contributed by atoms with Crippen LogP contribution in [0.2, 0.25) is 5.02 Å². The molecule has 0 unspecified atom stereocenters. The van der Waals surface area contributed by atoms with Crippen LogP contribution in [-0.4, -0.2) is 83.8 Å². The average Bonchev–Trinajstić information content (AvgIpc) is 3.38. The third-order valence-corrected chi connectivity index (χ3v) is 7.26. The number of halogens is 1. The number of morpholine rings is 1. The van der Waals surface area contributed by atoms with Crippen LogP contribution in [0.4, 0.5) is 17.3 Å². The molecule has 0 bridgehead atoms. The van der Waals surface area contributed by atoms with Gasteiger partial charge in [0.15, 0.2) is 0 Å². The van der Waals surface area contributed by atoms with Crippen molar-refractivity contribution in [2.24, 2.45) is 0 Å². The molecule has 38 heavy (non-hydrogen) atoms. The molecule has 11 heteroatoms. The molecule has 4 aromatic rings. The number of hydrogen-bond donors (Lipinski definition) is 2. The van der Waals surface area contributed by atoms with E-state index >= 15 is 0 Å². The first kappa shape index (κ1) is 24.9. The van der Waals surface area contributed by atoms with Crippen LogP contribution < -0.4 is 20.3 Å². The zero-order valence-corrected chi connectivity index (χ0v) is 22.1. The Balaban J connectivity index is 1.24. The summed E-state index contributed by atoms with van der Waals surface area (Å²) in [6, 6.07) is 10.4. The predicted molar refractivity (Wildman–Crippen MR) is 149 cm³/mol. The average molecular weight is 535 g/mol. The zero-order valence-electron chi connectivity index (χ0n) is 21.4. The molecule has 2 N–H and O–H groups in total. The first-order chi connectivity index (χ1) is 18.7. The van der Waals surface area contributed by atoms with Gasteiger partial charge in [0.25, 0.3) is 0 Å². The van der Waals surface area contributed by atoms with Gasteiger partial charge in [-0.15, -0.1) is 0 Å². The van der Waals surface area contributed by atoms with Crippen LogP contribution in [0.25, 0.3) is 17.0 Å². The minimum Gasteiger partial charge on any atom is -0.494 e. The minimum atomic E-state index is 0.427. The Labute approximate surface area is 226 Å². The fraction of sp³-hybridized carbons (Fsp3) is 0.370. The Morgan fingerprint density at radius 1 is 1.05 bits per heavy atom. The van der Waals surface area contributed by atoms with E-state index in [0.717, 1.165) is 87.5 Å². The molecule has 1 aromatic carbocycles. The maximum atomic E-state index is 6.57. The van der Waals surface area contributed by atoms with E-state index in [9.17, 15) is 0 Å². The number of piperazine rings is 1. The highest BCUT2D eigenvalue weighted by molar-refractivity contribution is 6.32. The summed E-state index contributed by atoms with van der Waals surface area (Å²) in [6.07, 6.45) is 5.44. The molecule has 0 amide bonds. The molecule has 0 radical (unpaired) electrons. The first-order valence-electron chi connectivity index (χ1n) is 12.9. The van der Waals surface area contributed by atoms with Gasteiger partial charge in [-0.05, 0) is 29.8 Å². The van der Waals surface area contributed by atoms with Crippen LogP contribution in [0.1, 0.15) is 5.56 Å². The standard InChI is InChI=1S/C27H31ClN8O2/c1-37-24-15-20(35-8-5-29-6-9-35)2-3-22(24)32-27-31-16-21(28)26(33-27)23-17-30-25-14-19(4-7-36(23)25)18-34-10-12-38-13-11-34/h2-4,7,14-17,29H,5-6,8-13,18H2,1H3,(H,31,32,33). The molecule has 10 nitrogen and oxygen atoms in total. The highest BCUT2D eigenvalue weighted by atomic mass is 35.5. The normalized spacial score (nSPS) is 16.6. The number of pyridine rings is 1. The number of nitrogens with zero attached hydrogens (tertiary/aromatic N) is 6. The van der Waals surface area contributed by atoms with E-state index in [4.69, 9.17) is 26.1 Å². The Morgan fingerprint density at radius 2 is 1.89 bits per heavy atom. The molecular formula is C27H31ClN8O2. The minimum absolute atomic E-state index is 0.427. The van der Waals surface area contributed by atoms with E-state index in [1.54, 1.807) is 19.5 Å². The van der Waals surface area contributed by atoms with Crippen LogP contribution in [-0.2, 0) is 11.3 Å². The number of hydrogen-bond acceptors (Lipinski definition) is 9. The summed E-state index contributed by atoms with van der Waals surface area (Å²) >= 11 is 6.57. The summed E-state index contributed by atoms with van der Waals surface area (Å²) in [7, 11) is 1.67. The number of benzene rings is 1. The van der Waals surface area contributed by atoms with Gasteiger partial charge in [-0.25, -0.2) is 15.0 Å². The van der Waals surface area contributed by atoms with Crippen molar-refractivity contribution in [3.05, 3.63) is 59.5 Å².